The first-order valence-electron chi connectivity index (χ1n) is 3.78. The summed E-state index contributed by atoms with van der Waals surface area (Å²) in [6.45, 7) is 1.36. The van der Waals surface area contributed by atoms with Gasteiger partial charge in [-0.2, -0.15) is 5.10 Å². The van der Waals surface area contributed by atoms with Crippen molar-refractivity contribution in [3.05, 3.63) is 29.8 Å². The molecule has 0 saturated carbocycles. The molecule has 0 aliphatic carbocycles. The molecule has 1 amide bonds. The number of hydrazone groups is 1. The topological polar surface area (TPSA) is 61.7 Å². The van der Waals surface area contributed by atoms with E-state index in [1.54, 1.807) is 24.3 Å². The molecule has 2 N–H and O–H groups in total. The van der Waals surface area contributed by atoms with Crippen LogP contribution >= 0.6 is 0 Å². The van der Waals surface area contributed by atoms with Gasteiger partial charge in [0.25, 0.3) is 0 Å². The molecule has 4 nitrogen and oxygen atoms in total. The zero-order chi connectivity index (χ0) is 9.68. The average Bonchev–Trinajstić information content (AvgIpc) is 2.08. The molecule has 0 unspecified atom stereocenters. The van der Waals surface area contributed by atoms with Crippen LogP contribution < -0.4 is 5.43 Å². The zero-order valence-corrected chi connectivity index (χ0v) is 7.19. The summed E-state index contributed by atoms with van der Waals surface area (Å²) in [6.07, 6.45) is 1.39. The van der Waals surface area contributed by atoms with Crippen molar-refractivity contribution in [1.82, 2.24) is 5.43 Å². The molecule has 1 aromatic rings. The van der Waals surface area contributed by atoms with Gasteiger partial charge in [-0.3, -0.25) is 4.79 Å². The quantitative estimate of drug-likeness (QED) is 0.521. The Kier molecular flexibility index (Phi) is 3.03. The predicted molar refractivity (Wildman–Crippen MR) is 49.5 cm³/mol. The minimum Gasteiger partial charge on any atom is -0.507 e. The lowest BCUT2D eigenvalue weighted by atomic mass is 10.2. The van der Waals surface area contributed by atoms with Crippen molar-refractivity contribution in [1.29, 1.82) is 0 Å². The number of amides is 1. The number of hydrogen-bond acceptors (Lipinski definition) is 3. The third kappa shape index (κ3) is 2.94. The van der Waals surface area contributed by atoms with Crippen molar-refractivity contribution in [3.63, 3.8) is 0 Å². The maximum absolute atomic E-state index is 10.4. The zero-order valence-electron chi connectivity index (χ0n) is 7.19. The molecule has 0 aromatic heterocycles. The average molecular weight is 178 g/mol. The van der Waals surface area contributed by atoms with E-state index in [1.807, 2.05) is 0 Å². The lowest BCUT2D eigenvalue weighted by molar-refractivity contribution is -0.118. The van der Waals surface area contributed by atoms with Crippen molar-refractivity contribution < 1.29 is 9.90 Å². The van der Waals surface area contributed by atoms with Gasteiger partial charge in [0.2, 0.25) is 5.91 Å². The van der Waals surface area contributed by atoms with Gasteiger partial charge in [-0.1, -0.05) is 12.1 Å². The highest BCUT2D eigenvalue weighted by Crippen LogP contribution is 2.12. The van der Waals surface area contributed by atoms with E-state index in [1.165, 1.54) is 13.1 Å². The SMILES string of the molecule is CC(=O)NN=Cc1ccccc1O. The van der Waals surface area contributed by atoms with E-state index in [4.69, 9.17) is 0 Å². The number of rotatable bonds is 2. The van der Waals surface area contributed by atoms with E-state index >= 15 is 0 Å². The number of carbonyl (C=O) groups is 1. The van der Waals surface area contributed by atoms with E-state index in [0.29, 0.717) is 5.56 Å². The Labute approximate surface area is 75.9 Å². The Morgan fingerprint density at radius 1 is 1.54 bits per heavy atom. The summed E-state index contributed by atoms with van der Waals surface area (Å²) in [5.74, 6) is -0.108. The minimum atomic E-state index is -0.244. The van der Waals surface area contributed by atoms with Crippen LogP contribution in [0.5, 0.6) is 5.75 Å². The fourth-order valence-electron chi connectivity index (χ4n) is 0.789. The fourth-order valence-corrected chi connectivity index (χ4v) is 0.789. The molecule has 13 heavy (non-hydrogen) atoms. The Hall–Kier alpha value is -1.84. The van der Waals surface area contributed by atoms with Gasteiger partial charge in [0, 0.05) is 12.5 Å². The standard InChI is InChI=1S/C9H10N2O2/c1-7(12)11-10-6-8-4-2-3-5-9(8)13/h2-6,13H,1H3,(H,11,12). The first kappa shape index (κ1) is 9.25. The highest BCUT2D eigenvalue weighted by Gasteiger charge is 1.94. The van der Waals surface area contributed by atoms with Gasteiger partial charge in [-0.25, -0.2) is 5.43 Å². The van der Waals surface area contributed by atoms with Gasteiger partial charge in [-0.05, 0) is 12.1 Å². The third-order valence-corrected chi connectivity index (χ3v) is 1.36. The molecule has 1 rings (SSSR count). The van der Waals surface area contributed by atoms with Gasteiger partial charge in [0.1, 0.15) is 5.75 Å². The Bertz CT molecular complexity index is 334. The molecule has 0 aliphatic heterocycles. The largest absolute Gasteiger partial charge is 0.507 e. The van der Waals surface area contributed by atoms with Gasteiger partial charge in [0.05, 0.1) is 6.21 Å². The molecule has 0 saturated heterocycles. The summed E-state index contributed by atoms with van der Waals surface area (Å²) in [5, 5.41) is 12.9. The molecule has 1 aromatic carbocycles. The Morgan fingerprint density at radius 3 is 2.85 bits per heavy atom. The number of nitrogens with zero attached hydrogens (tertiary/aromatic N) is 1. The smallest absolute Gasteiger partial charge is 0.236 e. The second kappa shape index (κ2) is 4.25. The van der Waals surface area contributed by atoms with Crippen molar-refractivity contribution >= 4 is 12.1 Å². The van der Waals surface area contributed by atoms with E-state index in [0.717, 1.165) is 0 Å². The van der Waals surface area contributed by atoms with Crippen molar-refractivity contribution in [2.45, 2.75) is 6.92 Å². The van der Waals surface area contributed by atoms with Crippen LogP contribution in [0.25, 0.3) is 0 Å². The fraction of sp³-hybridized carbons (Fsp3) is 0.111. The van der Waals surface area contributed by atoms with E-state index in [2.05, 4.69) is 10.5 Å². The summed E-state index contributed by atoms with van der Waals surface area (Å²) in [6, 6.07) is 6.73. The summed E-state index contributed by atoms with van der Waals surface area (Å²) < 4.78 is 0. The summed E-state index contributed by atoms with van der Waals surface area (Å²) in [7, 11) is 0. The molecule has 0 atom stereocenters. The van der Waals surface area contributed by atoms with Crippen LogP contribution in [0.15, 0.2) is 29.4 Å². The summed E-state index contributed by atoms with van der Waals surface area (Å²) in [4.78, 5) is 10.4. The van der Waals surface area contributed by atoms with Crippen molar-refractivity contribution in [2.75, 3.05) is 0 Å². The van der Waals surface area contributed by atoms with E-state index in [-0.39, 0.29) is 11.7 Å². The van der Waals surface area contributed by atoms with Crippen LogP contribution in [0, 0.1) is 0 Å². The number of phenolic OH excluding ortho intramolecular Hbond substituents is 1. The van der Waals surface area contributed by atoms with Gasteiger partial charge in [0.15, 0.2) is 0 Å². The molecular formula is C9H10N2O2. The van der Waals surface area contributed by atoms with Crippen LogP contribution in [-0.4, -0.2) is 17.2 Å². The molecular weight excluding hydrogens is 168 g/mol. The van der Waals surface area contributed by atoms with Gasteiger partial charge < -0.3 is 5.11 Å². The highest BCUT2D eigenvalue weighted by atomic mass is 16.3. The van der Waals surface area contributed by atoms with E-state index < -0.39 is 0 Å². The number of aromatic hydroxyl groups is 1. The predicted octanol–water partition coefficient (Wildman–Crippen LogP) is 0.862. The number of para-hydroxylation sites is 1. The number of carbonyl (C=O) groups excluding carboxylic acids is 1. The van der Waals surface area contributed by atoms with Crippen molar-refractivity contribution in [3.8, 4) is 5.75 Å². The third-order valence-electron chi connectivity index (χ3n) is 1.36. The lowest BCUT2D eigenvalue weighted by Crippen LogP contribution is -2.12. The van der Waals surface area contributed by atoms with Gasteiger partial charge in [-0.15, -0.1) is 0 Å². The number of hydrogen-bond donors (Lipinski definition) is 2. The number of nitrogens with one attached hydrogen (secondary N) is 1. The molecule has 0 spiro atoms. The number of benzene rings is 1. The lowest BCUT2D eigenvalue weighted by Gasteiger charge is -1.96. The summed E-state index contributed by atoms with van der Waals surface area (Å²) in [5.41, 5.74) is 2.81. The maximum Gasteiger partial charge on any atom is 0.236 e. The monoisotopic (exact) mass is 178 g/mol. The molecule has 0 bridgehead atoms. The second-order valence-corrected chi connectivity index (χ2v) is 2.49. The molecule has 0 aliphatic rings. The molecule has 4 heteroatoms. The number of phenols is 1. The minimum absolute atomic E-state index is 0.136. The highest BCUT2D eigenvalue weighted by molar-refractivity contribution is 5.84. The maximum atomic E-state index is 10.4. The van der Waals surface area contributed by atoms with Gasteiger partial charge >= 0.3 is 0 Å². The normalized spacial score (nSPS) is 10.2. The molecule has 68 valence electrons. The Morgan fingerprint density at radius 2 is 2.23 bits per heavy atom. The second-order valence-electron chi connectivity index (χ2n) is 2.49. The first-order chi connectivity index (χ1) is 6.20. The summed E-state index contributed by atoms with van der Waals surface area (Å²) >= 11 is 0. The van der Waals surface area contributed by atoms with Crippen LogP contribution in [0.3, 0.4) is 0 Å². The van der Waals surface area contributed by atoms with Crippen LogP contribution in [0.1, 0.15) is 12.5 Å². The van der Waals surface area contributed by atoms with Crippen LogP contribution in [0.2, 0.25) is 0 Å². The molecule has 0 heterocycles. The van der Waals surface area contributed by atoms with Crippen LogP contribution in [0.4, 0.5) is 0 Å². The Balaban J connectivity index is 2.68. The molecule has 0 fully saturated rings. The van der Waals surface area contributed by atoms with E-state index in [9.17, 15) is 9.90 Å². The van der Waals surface area contributed by atoms with Crippen LogP contribution in [-0.2, 0) is 4.79 Å². The first-order valence-corrected chi connectivity index (χ1v) is 3.78. The molecule has 0 radical (unpaired) electrons. The van der Waals surface area contributed by atoms with Crippen molar-refractivity contribution in [2.24, 2.45) is 5.10 Å².